The lowest BCUT2D eigenvalue weighted by molar-refractivity contribution is -0.139. The van der Waals surface area contributed by atoms with Gasteiger partial charge in [-0.3, -0.25) is 0 Å². The summed E-state index contributed by atoms with van der Waals surface area (Å²) in [6.45, 7) is 3.90. The predicted octanol–water partition coefficient (Wildman–Crippen LogP) is 2.68. The normalized spacial score (nSPS) is 44.5. The molecule has 3 aliphatic rings. The van der Waals surface area contributed by atoms with Gasteiger partial charge in [-0.2, -0.15) is 0 Å². The summed E-state index contributed by atoms with van der Waals surface area (Å²) in [5.41, 5.74) is 0.743. The maximum Gasteiger partial charge on any atom is 0.334 e. The van der Waals surface area contributed by atoms with Gasteiger partial charge in [0.2, 0.25) is 0 Å². The highest BCUT2D eigenvalue weighted by Crippen LogP contribution is 2.47. The minimum absolute atomic E-state index is 0.138. The Morgan fingerprint density at radius 3 is 2.80 bits per heavy atom. The van der Waals surface area contributed by atoms with Gasteiger partial charge in [0, 0.05) is 11.5 Å². The van der Waals surface area contributed by atoms with Crippen LogP contribution in [0.25, 0.3) is 0 Å². The monoisotopic (exact) mass is 206 g/mol. The van der Waals surface area contributed by atoms with Gasteiger partial charge in [0.05, 0.1) is 0 Å². The summed E-state index contributed by atoms with van der Waals surface area (Å²) in [5.74, 6) is 1.94. The van der Waals surface area contributed by atoms with E-state index >= 15 is 0 Å². The third-order valence-corrected chi connectivity index (χ3v) is 4.61. The lowest BCUT2D eigenvalue weighted by Gasteiger charge is -2.17. The van der Waals surface area contributed by atoms with Gasteiger partial charge in [0.1, 0.15) is 6.10 Å². The second-order valence-electron chi connectivity index (χ2n) is 5.34. The molecule has 2 unspecified atom stereocenters. The molecule has 0 spiro atoms. The van der Waals surface area contributed by atoms with Crippen molar-refractivity contribution < 1.29 is 9.53 Å². The molecular weight excluding hydrogens is 188 g/mol. The molecule has 3 rings (SSSR count). The molecule has 4 atom stereocenters. The first kappa shape index (κ1) is 9.44. The van der Waals surface area contributed by atoms with Gasteiger partial charge in [0.15, 0.2) is 0 Å². The van der Waals surface area contributed by atoms with Crippen LogP contribution in [-0.4, -0.2) is 12.1 Å². The third-order valence-electron chi connectivity index (χ3n) is 4.61. The van der Waals surface area contributed by atoms with E-state index in [-0.39, 0.29) is 12.1 Å². The van der Waals surface area contributed by atoms with Crippen LogP contribution < -0.4 is 0 Å². The number of carbonyl (C=O) groups is 1. The second kappa shape index (κ2) is 3.36. The zero-order valence-corrected chi connectivity index (χ0v) is 9.08. The molecule has 0 bridgehead atoms. The minimum atomic E-state index is -0.138. The van der Waals surface area contributed by atoms with Crippen molar-refractivity contribution in [2.24, 2.45) is 17.8 Å². The standard InChI is InChI=1S/C13H18O2/c1-8-11-7-10-4-2-3-9(10)5-6-12(11)15-13(8)14/h9-12H,1-7H2/t9-,10-,11?,12?/m0/s1. The number of rotatable bonds is 0. The van der Waals surface area contributed by atoms with Crippen LogP contribution in [0.4, 0.5) is 0 Å². The first-order valence-electron chi connectivity index (χ1n) is 6.15. The molecule has 0 aromatic heterocycles. The molecule has 2 heteroatoms. The van der Waals surface area contributed by atoms with Gasteiger partial charge in [-0.15, -0.1) is 0 Å². The van der Waals surface area contributed by atoms with Crippen molar-refractivity contribution in [1.29, 1.82) is 0 Å². The molecule has 15 heavy (non-hydrogen) atoms. The van der Waals surface area contributed by atoms with Crippen molar-refractivity contribution in [3.05, 3.63) is 12.2 Å². The third kappa shape index (κ3) is 1.42. The fourth-order valence-electron chi connectivity index (χ4n) is 3.73. The van der Waals surface area contributed by atoms with Gasteiger partial charge in [-0.1, -0.05) is 25.8 Å². The Hall–Kier alpha value is -0.790. The number of ether oxygens (including phenoxy) is 1. The largest absolute Gasteiger partial charge is 0.458 e. The number of fused-ring (bicyclic) bond motifs is 2. The van der Waals surface area contributed by atoms with Crippen LogP contribution in [0.5, 0.6) is 0 Å². The summed E-state index contributed by atoms with van der Waals surface area (Å²) in [6, 6.07) is 0. The van der Waals surface area contributed by atoms with Gasteiger partial charge in [-0.25, -0.2) is 4.79 Å². The Morgan fingerprint density at radius 1 is 1.13 bits per heavy atom. The first-order valence-corrected chi connectivity index (χ1v) is 6.15. The highest BCUT2D eigenvalue weighted by molar-refractivity contribution is 5.90. The number of carbonyl (C=O) groups excluding carboxylic acids is 1. The molecule has 0 radical (unpaired) electrons. The molecule has 0 aromatic rings. The summed E-state index contributed by atoms with van der Waals surface area (Å²) < 4.78 is 5.38. The lowest BCUT2D eigenvalue weighted by Crippen LogP contribution is -2.16. The summed E-state index contributed by atoms with van der Waals surface area (Å²) in [6.07, 6.45) is 7.77. The Morgan fingerprint density at radius 2 is 1.93 bits per heavy atom. The van der Waals surface area contributed by atoms with E-state index in [2.05, 4.69) is 6.58 Å². The van der Waals surface area contributed by atoms with Crippen LogP contribution >= 0.6 is 0 Å². The topological polar surface area (TPSA) is 26.3 Å². The van der Waals surface area contributed by atoms with Gasteiger partial charge in [-0.05, 0) is 31.1 Å². The van der Waals surface area contributed by atoms with Crippen LogP contribution in [0.3, 0.4) is 0 Å². The Balaban J connectivity index is 1.82. The molecular formula is C13H18O2. The highest BCUT2D eigenvalue weighted by atomic mass is 16.6. The molecule has 1 saturated heterocycles. The van der Waals surface area contributed by atoms with E-state index in [9.17, 15) is 4.79 Å². The van der Waals surface area contributed by atoms with Crippen LogP contribution in [0.1, 0.15) is 38.5 Å². The molecule has 1 heterocycles. The van der Waals surface area contributed by atoms with Crippen molar-refractivity contribution in [1.82, 2.24) is 0 Å². The highest BCUT2D eigenvalue weighted by Gasteiger charge is 2.44. The van der Waals surface area contributed by atoms with Crippen molar-refractivity contribution in [3.63, 3.8) is 0 Å². The van der Waals surface area contributed by atoms with Crippen molar-refractivity contribution in [2.75, 3.05) is 0 Å². The van der Waals surface area contributed by atoms with Crippen LogP contribution in [0.2, 0.25) is 0 Å². The summed E-state index contributed by atoms with van der Waals surface area (Å²) in [4.78, 5) is 11.4. The maximum atomic E-state index is 11.4. The SMILES string of the molecule is C=C1C(=O)OC2CC[C@@H]3CCC[C@H]3CC12. The molecule has 2 aliphatic carbocycles. The first-order chi connectivity index (χ1) is 7.25. The van der Waals surface area contributed by atoms with Crippen LogP contribution in [0.15, 0.2) is 12.2 Å². The molecule has 3 fully saturated rings. The Labute approximate surface area is 90.7 Å². The van der Waals surface area contributed by atoms with E-state index in [1.54, 1.807) is 0 Å². The number of esters is 1. The summed E-state index contributed by atoms with van der Waals surface area (Å²) in [7, 11) is 0. The number of hydrogen-bond acceptors (Lipinski definition) is 2. The van der Waals surface area contributed by atoms with E-state index in [4.69, 9.17) is 4.74 Å². The smallest absolute Gasteiger partial charge is 0.334 e. The fraction of sp³-hybridized carbons (Fsp3) is 0.769. The molecule has 0 amide bonds. The maximum absolute atomic E-state index is 11.4. The minimum Gasteiger partial charge on any atom is -0.458 e. The van der Waals surface area contributed by atoms with Crippen LogP contribution in [-0.2, 0) is 9.53 Å². The number of hydrogen-bond donors (Lipinski definition) is 0. The Kier molecular flexibility index (Phi) is 2.11. The van der Waals surface area contributed by atoms with E-state index in [0.29, 0.717) is 5.92 Å². The zero-order chi connectivity index (χ0) is 10.4. The average molecular weight is 206 g/mol. The van der Waals surface area contributed by atoms with Crippen molar-refractivity contribution in [2.45, 2.75) is 44.6 Å². The average Bonchev–Trinajstić information content (AvgIpc) is 2.71. The van der Waals surface area contributed by atoms with Gasteiger partial charge >= 0.3 is 5.97 Å². The lowest BCUT2D eigenvalue weighted by atomic mass is 9.86. The summed E-state index contributed by atoms with van der Waals surface area (Å²) >= 11 is 0. The summed E-state index contributed by atoms with van der Waals surface area (Å²) in [5, 5.41) is 0. The van der Waals surface area contributed by atoms with Crippen molar-refractivity contribution in [3.8, 4) is 0 Å². The fourth-order valence-corrected chi connectivity index (χ4v) is 3.73. The quantitative estimate of drug-likeness (QED) is 0.450. The predicted molar refractivity (Wildman–Crippen MR) is 57.2 cm³/mol. The van der Waals surface area contributed by atoms with E-state index < -0.39 is 0 Å². The Bertz CT molecular complexity index is 308. The molecule has 0 N–H and O–H groups in total. The molecule has 1 aliphatic heterocycles. The van der Waals surface area contributed by atoms with E-state index in [1.807, 2.05) is 0 Å². The second-order valence-corrected chi connectivity index (χ2v) is 5.34. The van der Waals surface area contributed by atoms with Gasteiger partial charge < -0.3 is 4.74 Å². The molecule has 0 aromatic carbocycles. The molecule has 2 saturated carbocycles. The van der Waals surface area contributed by atoms with E-state index in [1.165, 1.54) is 25.7 Å². The van der Waals surface area contributed by atoms with Crippen molar-refractivity contribution >= 4 is 5.97 Å². The van der Waals surface area contributed by atoms with E-state index in [0.717, 1.165) is 30.3 Å². The molecule has 2 nitrogen and oxygen atoms in total. The van der Waals surface area contributed by atoms with Gasteiger partial charge in [0.25, 0.3) is 0 Å². The molecule has 82 valence electrons. The van der Waals surface area contributed by atoms with Crippen LogP contribution in [0, 0.1) is 17.8 Å². The zero-order valence-electron chi connectivity index (χ0n) is 9.08.